The molecular weight excluding hydrogens is 440 g/mol. The maximum absolute atomic E-state index is 12.7. The van der Waals surface area contributed by atoms with Crippen molar-refractivity contribution in [1.82, 2.24) is 16.2 Å². The molecule has 0 saturated carbocycles. The van der Waals surface area contributed by atoms with Crippen LogP contribution in [0.25, 0.3) is 0 Å². The Kier molecular flexibility index (Phi) is 10.0. The van der Waals surface area contributed by atoms with Gasteiger partial charge in [0.05, 0.1) is 19.8 Å². The van der Waals surface area contributed by atoms with E-state index in [1.807, 2.05) is 34.6 Å². The molecule has 0 radical (unpaired) electrons. The topological polar surface area (TPSA) is 127 Å². The average Bonchev–Trinajstić information content (AvgIpc) is 2.79. The fourth-order valence-corrected chi connectivity index (χ4v) is 2.91. The summed E-state index contributed by atoms with van der Waals surface area (Å²) >= 11 is 0. The van der Waals surface area contributed by atoms with Crippen molar-refractivity contribution in [2.24, 2.45) is 0 Å². The van der Waals surface area contributed by atoms with Gasteiger partial charge in [0.25, 0.3) is 11.8 Å². The molecule has 4 N–H and O–H groups in total. The van der Waals surface area contributed by atoms with Crippen LogP contribution >= 0.6 is 0 Å². The normalized spacial score (nSPS) is 10.3. The second kappa shape index (κ2) is 12.9. The number of hydrogen-bond donors (Lipinski definition) is 4. The summed E-state index contributed by atoms with van der Waals surface area (Å²) in [4.78, 5) is 36.9. The Morgan fingerprint density at radius 2 is 1.26 bits per heavy atom. The molecule has 0 fully saturated rings. The number of nitrogens with one attached hydrogen (secondary N) is 4. The minimum Gasteiger partial charge on any atom is -0.490 e. The largest absolute Gasteiger partial charge is 0.490 e. The van der Waals surface area contributed by atoms with E-state index in [0.29, 0.717) is 48.3 Å². The summed E-state index contributed by atoms with van der Waals surface area (Å²) in [5.74, 6) is 0.0878. The molecule has 10 nitrogen and oxygen atoms in total. The van der Waals surface area contributed by atoms with E-state index < -0.39 is 11.8 Å². The Balaban J connectivity index is 2.07. The van der Waals surface area contributed by atoms with Crippen molar-refractivity contribution in [3.8, 4) is 17.2 Å². The molecule has 0 aliphatic carbocycles. The predicted molar refractivity (Wildman–Crippen MR) is 129 cm³/mol. The highest BCUT2D eigenvalue weighted by atomic mass is 16.5. The molecule has 4 amide bonds. The van der Waals surface area contributed by atoms with Gasteiger partial charge in [-0.05, 0) is 71.0 Å². The van der Waals surface area contributed by atoms with Gasteiger partial charge in [0.1, 0.15) is 0 Å². The van der Waals surface area contributed by atoms with Crippen molar-refractivity contribution in [3.63, 3.8) is 0 Å². The Labute approximate surface area is 199 Å². The monoisotopic (exact) mass is 472 g/mol. The van der Waals surface area contributed by atoms with Crippen LogP contribution in [0.2, 0.25) is 0 Å². The maximum atomic E-state index is 12.7. The molecule has 0 unspecified atom stereocenters. The van der Waals surface area contributed by atoms with Crippen molar-refractivity contribution in [2.75, 3.05) is 25.1 Å². The number of carbonyl (C=O) groups is 3. The van der Waals surface area contributed by atoms with Gasteiger partial charge in [0.15, 0.2) is 11.5 Å². The van der Waals surface area contributed by atoms with Crippen LogP contribution in [0.3, 0.4) is 0 Å². The zero-order valence-electron chi connectivity index (χ0n) is 20.1. The van der Waals surface area contributed by atoms with Gasteiger partial charge in [-0.2, -0.15) is 0 Å². The average molecular weight is 473 g/mol. The highest BCUT2D eigenvalue weighted by Gasteiger charge is 2.19. The van der Waals surface area contributed by atoms with E-state index in [1.54, 1.807) is 12.1 Å². The molecule has 2 aromatic carbocycles. The zero-order chi connectivity index (χ0) is 25.1. The molecule has 0 spiro atoms. The van der Waals surface area contributed by atoms with Gasteiger partial charge >= 0.3 is 6.03 Å². The molecule has 0 aliphatic rings. The Morgan fingerprint density at radius 1 is 0.765 bits per heavy atom. The lowest BCUT2D eigenvalue weighted by Crippen LogP contribution is -2.41. The lowest BCUT2D eigenvalue weighted by Gasteiger charge is -2.17. The SMILES string of the molecule is CCOc1cc(C(=O)NNC(=O)c2ccc(NC(=O)NC(C)C)cc2)cc(OCC)c1OCC. The molecule has 0 saturated heterocycles. The first-order valence-corrected chi connectivity index (χ1v) is 11.1. The van der Waals surface area contributed by atoms with Gasteiger partial charge in [0, 0.05) is 22.9 Å². The Bertz CT molecular complexity index is 964. The zero-order valence-corrected chi connectivity index (χ0v) is 20.1. The summed E-state index contributed by atoms with van der Waals surface area (Å²) in [5, 5.41) is 5.38. The van der Waals surface area contributed by atoms with E-state index in [4.69, 9.17) is 14.2 Å². The van der Waals surface area contributed by atoms with E-state index in [9.17, 15) is 14.4 Å². The van der Waals surface area contributed by atoms with Crippen molar-refractivity contribution in [2.45, 2.75) is 40.7 Å². The second-order valence-corrected chi connectivity index (χ2v) is 7.34. The third-order valence-corrected chi connectivity index (χ3v) is 4.29. The quantitative estimate of drug-likeness (QED) is 0.392. The first kappa shape index (κ1) is 26.3. The van der Waals surface area contributed by atoms with Crippen LogP contribution in [-0.2, 0) is 0 Å². The van der Waals surface area contributed by atoms with Gasteiger partial charge in [-0.3, -0.25) is 20.4 Å². The highest BCUT2D eigenvalue weighted by Crippen LogP contribution is 2.39. The van der Waals surface area contributed by atoms with Crippen LogP contribution in [-0.4, -0.2) is 43.7 Å². The molecule has 184 valence electrons. The van der Waals surface area contributed by atoms with Crippen molar-refractivity contribution in [3.05, 3.63) is 47.5 Å². The molecular formula is C24H32N4O6. The first-order chi connectivity index (χ1) is 16.3. The summed E-state index contributed by atoms with van der Waals surface area (Å²) in [5.41, 5.74) is 5.81. The molecule has 0 aromatic heterocycles. The first-order valence-electron chi connectivity index (χ1n) is 11.1. The lowest BCUT2D eigenvalue weighted by molar-refractivity contribution is 0.0846. The molecule has 0 aliphatic heterocycles. The molecule has 10 heteroatoms. The van der Waals surface area contributed by atoms with Gasteiger partial charge in [-0.15, -0.1) is 0 Å². The molecule has 2 aromatic rings. The predicted octanol–water partition coefficient (Wildman–Crippen LogP) is 3.49. The van der Waals surface area contributed by atoms with Crippen LogP contribution < -0.4 is 35.7 Å². The third kappa shape index (κ3) is 7.58. The summed E-state index contributed by atoms with van der Waals surface area (Å²) in [6.45, 7) is 10.3. The van der Waals surface area contributed by atoms with Crippen LogP contribution in [0.5, 0.6) is 17.2 Å². The number of carbonyl (C=O) groups excluding carboxylic acids is 3. The third-order valence-electron chi connectivity index (χ3n) is 4.29. The van der Waals surface area contributed by atoms with Gasteiger partial charge in [0.2, 0.25) is 5.75 Å². The minimum absolute atomic E-state index is 0.00161. The molecule has 0 bridgehead atoms. The van der Waals surface area contributed by atoms with Gasteiger partial charge < -0.3 is 24.8 Å². The highest BCUT2D eigenvalue weighted by molar-refractivity contribution is 6.00. The number of hydrazine groups is 1. The second-order valence-electron chi connectivity index (χ2n) is 7.34. The van der Waals surface area contributed by atoms with E-state index in [-0.39, 0.29) is 17.6 Å². The van der Waals surface area contributed by atoms with Crippen LogP contribution in [0.15, 0.2) is 36.4 Å². The number of hydrogen-bond acceptors (Lipinski definition) is 6. The number of urea groups is 1. The van der Waals surface area contributed by atoms with Crippen molar-refractivity contribution >= 4 is 23.5 Å². The van der Waals surface area contributed by atoms with Crippen molar-refractivity contribution in [1.29, 1.82) is 0 Å². The summed E-state index contributed by atoms with van der Waals surface area (Å²) in [6, 6.07) is 8.96. The van der Waals surface area contributed by atoms with E-state index in [2.05, 4.69) is 21.5 Å². The number of benzene rings is 2. The van der Waals surface area contributed by atoms with Crippen LogP contribution in [0, 0.1) is 0 Å². The van der Waals surface area contributed by atoms with Gasteiger partial charge in [-0.25, -0.2) is 4.79 Å². The fourth-order valence-electron chi connectivity index (χ4n) is 2.91. The molecule has 34 heavy (non-hydrogen) atoms. The van der Waals surface area contributed by atoms with E-state index >= 15 is 0 Å². The molecule has 0 heterocycles. The minimum atomic E-state index is -0.554. The lowest BCUT2D eigenvalue weighted by atomic mass is 10.1. The van der Waals surface area contributed by atoms with E-state index in [1.165, 1.54) is 24.3 Å². The van der Waals surface area contributed by atoms with Gasteiger partial charge in [-0.1, -0.05) is 0 Å². The fraction of sp³-hybridized carbons (Fsp3) is 0.375. The molecule has 0 atom stereocenters. The van der Waals surface area contributed by atoms with Crippen molar-refractivity contribution < 1.29 is 28.6 Å². The number of ether oxygens (including phenoxy) is 3. The summed E-state index contributed by atoms with van der Waals surface area (Å²) in [7, 11) is 0. The Hall–Kier alpha value is -3.95. The molecule has 2 rings (SSSR count). The summed E-state index contributed by atoms with van der Waals surface area (Å²) < 4.78 is 16.9. The smallest absolute Gasteiger partial charge is 0.319 e. The maximum Gasteiger partial charge on any atom is 0.319 e. The van der Waals surface area contributed by atoms with Crippen LogP contribution in [0.4, 0.5) is 10.5 Å². The number of anilines is 1. The number of amides is 4. The standard InChI is InChI=1S/C24H32N4O6/c1-6-32-19-13-17(14-20(33-7-2)21(19)34-8-3)23(30)28-27-22(29)16-9-11-18(12-10-16)26-24(31)25-15(4)5/h9-15H,6-8H2,1-5H3,(H,27,29)(H,28,30)(H2,25,26,31). The van der Waals surface area contributed by atoms with Crippen LogP contribution in [0.1, 0.15) is 55.3 Å². The van der Waals surface area contributed by atoms with E-state index in [0.717, 1.165) is 0 Å². The number of rotatable bonds is 10. The Morgan fingerprint density at radius 3 is 1.74 bits per heavy atom. The summed E-state index contributed by atoms with van der Waals surface area (Å²) in [6.07, 6.45) is 0.